The number of primary amides is 1. The second kappa shape index (κ2) is 10.4. The van der Waals surface area contributed by atoms with Gasteiger partial charge in [-0.05, 0) is 53.6 Å². The van der Waals surface area contributed by atoms with Gasteiger partial charge in [0.2, 0.25) is 0 Å². The lowest BCUT2D eigenvalue weighted by molar-refractivity contribution is 0.0323. The van der Waals surface area contributed by atoms with Gasteiger partial charge < -0.3 is 20.9 Å². The highest BCUT2D eigenvalue weighted by Crippen LogP contribution is 2.37. The molecule has 4 aromatic rings. The molecule has 10 heteroatoms. The Bertz CT molecular complexity index is 1370. The maximum Gasteiger partial charge on any atom is 0.323 e. The van der Waals surface area contributed by atoms with E-state index in [0.717, 1.165) is 54.9 Å². The van der Waals surface area contributed by atoms with Crippen LogP contribution in [0.2, 0.25) is 5.02 Å². The molecule has 2 heterocycles. The molecule has 0 atom stereocenters. The van der Waals surface area contributed by atoms with E-state index in [9.17, 15) is 4.79 Å². The number of ether oxygens (including phenoxy) is 2. The van der Waals surface area contributed by atoms with Crippen molar-refractivity contribution in [2.45, 2.75) is 0 Å². The highest BCUT2D eigenvalue weighted by Gasteiger charge is 2.18. The van der Waals surface area contributed by atoms with Gasteiger partial charge in [0.25, 0.3) is 0 Å². The van der Waals surface area contributed by atoms with Gasteiger partial charge in [-0.2, -0.15) is 5.10 Å². The summed E-state index contributed by atoms with van der Waals surface area (Å²) >= 11 is 6.11. The number of hydrogen-bond donors (Lipinski definition) is 3. The fourth-order valence-corrected chi connectivity index (χ4v) is 4.60. The average Bonchev–Trinajstić information content (AvgIpc) is 3.27. The van der Waals surface area contributed by atoms with Crippen LogP contribution >= 0.6 is 11.6 Å². The summed E-state index contributed by atoms with van der Waals surface area (Å²) in [6.45, 7) is 4.70. The third kappa shape index (κ3) is 4.94. The topological polar surface area (TPSA) is 123 Å². The van der Waals surface area contributed by atoms with Gasteiger partial charge in [-0.25, -0.2) is 4.79 Å². The highest BCUT2D eigenvalue weighted by atomic mass is 35.5. The molecule has 0 spiro atoms. The molecule has 0 unspecified atom stereocenters. The van der Waals surface area contributed by atoms with Crippen molar-refractivity contribution < 1.29 is 14.3 Å². The number of urea groups is 1. The third-order valence-electron chi connectivity index (χ3n) is 6.20. The van der Waals surface area contributed by atoms with Crippen molar-refractivity contribution in [2.24, 2.45) is 5.73 Å². The van der Waals surface area contributed by atoms with Crippen LogP contribution in [0.25, 0.3) is 22.0 Å². The van der Waals surface area contributed by atoms with Gasteiger partial charge in [-0.3, -0.25) is 14.9 Å². The summed E-state index contributed by atoms with van der Waals surface area (Å²) in [5.74, 6) is 1.09. The molecule has 5 N–H and O–H groups in total. The molecular weight excluding hydrogens is 480 g/mol. The maximum atomic E-state index is 12.2. The lowest BCUT2D eigenvalue weighted by Crippen LogP contribution is -2.38. The molecule has 36 heavy (non-hydrogen) atoms. The number of halogens is 1. The van der Waals surface area contributed by atoms with Crippen LogP contribution in [0.15, 0.2) is 60.7 Å². The lowest BCUT2D eigenvalue weighted by atomic mass is 10.0. The van der Waals surface area contributed by atoms with Crippen molar-refractivity contribution >= 4 is 45.7 Å². The Morgan fingerprint density at radius 2 is 1.89 bits per heavy atom. The Hall–Kier alpha value is -3.79. The number of carbonyl (C=O) groups excluding carboxylic acids is 1. The van der Waals surface area contributed by atoms with E-state index in [2.05, 4.69) is 15.1 Å². The summed E-state index contributed by atoms with van der Waals surface area (Å²) < 4.78 is 11.5. The fourth-order valence-electron chi connectivity index (χ4n) is 4.41. The summed E-state index contributed by atoms with van der Waals surface area (Å²) in [5, 5.41) is 8.53. The predicted octanol–water partition coefficient (Wildman–Crippen LogP) is 4.39. The third-order valence-corrected chi connectivity index (χ3v) is 6.44. The molecule has 186 valence electrons. The van der Waals surface area contributed by atoms with E-state index in [0.29, 0.717) is 34.6 Å². The van der Waals surface area contributed by atoms with Crippen LogP contribution in [0.1, 0.15) is 0 Å². The van der Waals surface area contributed by atoms with Crippen molar-refractivity contribution in [2.75, 3.05) is 50.1 Å². The molecule has 0 bridgehead atoms. The summed E-state index contributed by atoms with van der Waals surface area (Å²) in [5.41, 5.74) is 15.7. The van der Waals surface area contributed by atoms with Crippen LogP contribution in [-0.2, 0) is 4.74 Å². The molecule has 1 aliphatic heterocycles. The molecule has 1 aromatic heterocycles. The Labute approximate surface area is 213 Å². The van der Waals surface area contributed by atoms with Crippen LogP contribution in [0.4, 0.5) is 22.0 Å². The van der Waals surface area contributed by atoms with E-state index >= 15 is 0 Å². The Morgan fingerprint density at radius 3 is 2.61 bits per heavy atom. The summed E-state index contributed by atoms with van der Waals surface area (Å²) in [6, 6.07) is 17.7. The SMILES string of the molecule is NC(=O)N(c1ccc(-c2ccc(OCCN3CCOCC3)c3[nH]nc(N)c23)cc1)c1cccc(Cl)c1. The first kappa shape index (κ1) is 23.9. The maximum absolute atomic E-state index is 12.2. The van der Waals surface area contributed by atoms with Crippen LogP contribution in [0, 0.1) is 0 Å². The molecule has 2 amide bonds. The second-order valence-electron chi connectivity index (χ2n) is 8.47. The molecular formula is C26H27ClN6O3. The summed E-state index contributed by atoms with van der Waals surface area (Å²) in [4.78, 5) is 16.0. The van der Waals surface area contributed by atoms with Crippen LogP contribution in [0.5, 0.6) is 5.75 Å². The Morgan fingerprint density at radius 1 is 1.11 bits per heavy atom. The molecule has 3 aromatic carbocycles. The van der Waals surface area contributed by atoms with Gasteiger partial charge in [0.05, 0.1) is 30.0 Å². The van der Waals surface area contributed by atoms with Gasteiger partial charge in [0.15, 0.2) is 5.82 Å². The minimum absolute atomic E-state index is 0.389. The molecule has 0 saturated carbocycles. The van der Waals surface area contributed by atoms with Crippen molar-refractivity contribution in [3.8, 4) is 16.9 Å². The monoisotopic (exact) mass is 506 g/mol. The van der Waals surface area contributed by atoms with Gasteiger partial charge >= 0.3 is 6.03 Å². The van der Waals surface area contributed by atoms with Crippen LogP contribution < -0.4 is 21.1 Å². The number of aromatic amines is 1. The number of rotatable bonds is 7. The molecule has 0 aliphatic carbocycles. The second-order valence-corrected chi connectivity index (χ2v) is 8.91. The van der Waals surface area contributed by atoms with E-state index in [1.165, 1.54) is 4.90 Å². The number of morpholine rings is 1. The number of nitrogens with two attached hydrogens (primary N) is 2. The number of H-pyrrole nitrogens is 1. The zero-order chi connectivity index (χ0) is 25.1. The minimum atomic E-state index is -0.606. The molecule has 1 saturated heterocycles. The largest absolute Gasteiger partial charge is 0.490 e. The Kier molecular flexibility index (Phi) is 6.95. The van der Waals surface area contributed by atoms with Crippen molar-refractivity contribution in [3.63, 3.8) is 0 Å². The van der Waals surface area contributed by atoms with Gasteiger partial charge in [0, 0.05) is 24.7 Å². The number of nitrogens with zero attached hydrogens (tertiary/aromatic N) is 3. The van der Waals surface area contributed by atoms with Crippen molar-refractivity contribution in [1.29, 1.82) is 0 Å². The number of benzene rings is 3. The number of amides is 2. The molecule has 1 fully saturated rings. The van der Waals surface area contributed by atoms with Crippen molar-refractivity contribution in [1.82, 2.24) is 15.1 Å². The average molecular weight is 507 g/mol. The number of nitrogen functional groups attached to an aromatic ring is 1. The van der Waals surface area contributed by atoms with Crippen LogP contribution in [-0.4, -0.2) is 60.6 Å². The first-order valence-corrected chi connectivity index (χ1v) is 12.0. The molecule has 5 rings (SSSR count). The lowest BCUT2D eigenvalue weighted by Gasteiger charge is -2.26. The first-order valence-electron chi connectivity index (χ1n) is 11.7. The number of nitrogens with one attached hydrogen (secondary N) is 1. The molecule has 0 radical (unpaired) electrons. The molecule has 1 aliphatic rings. The van der Waals surface area contributed by atoms with E-state index in [1.807, 2.05) is 36.4 Å². The number of carbonyl (C=O) groups is 1. The molecule has 9 nitrogen and oxygen atoms in total. The van der Waals surface area contributed by atoms with Gasteiger partial charge in [-0.1, -0.05) is 29.8 Å². The first-order chi connectivity index (χ1) is 17.5. The smallest absolute Gasteiger partial charge is 0.323 e. The quantitative estimate of drug-likeness (QED) is 0.341. The number of fused-ring (bicyclic) bond motifs is 1. The zero-order valence-corrected chi connectivity index (χ0v) is 20.4. The Balaban J connectivity index is 1.40. The fraction of sp³-hybridized carbons (Fsp3) is 0.231. The van der Waals surface area contributed by atoms with E-state index < -0.39 is 6.03 Å². The number of aromatic nitrogens is 2. The van der Waals surface area contributed by atoms with E-state index in [1.54, 1.807) is 24.3 Å². The number of hydrogen-bond acceptors (Lipinski definition) is 6. The summed E-state index contributed by atoms with van der Waals surface area (Å²) in [7, 11) is 0. The summed E-state index contributed by atoms with van der Waals surface area (Å²) in [6.07, 6.45) is 0. The van der Waals surface area contributed by atoms with Gasteiger partial charge in [-0.15, -0.1) is 0 Å². The minimum Gasteiger partial charge on any atom is -0.490 e. The van der Waals surface area contributed by atoms with Crippen molar-refractivity contribution in [3.05, 3.63) is 65.7 Å². The highest BCUT2D eigenvalue weighted by molar-refractivity contribution is 6.31. The normalized spacial score (nSPS) is 14.1. The standard InChI is InChI=1S/C26H27ClN6O3/c27-18-2-1-3-20(16-18)33(26(29)34)19-6-4-17(5-7-19)21-8-9-22(24-23(21)25(28)31-30-24)36-15-12-32-10-13-35-14-11-32/h1-9,16H,10-15H2,(H2,29,34)(H3,28,30,31). The predicted molar refractivity (Wildman–Crippen MR) is 142 cm³/mol. The van der Waals surface area contributed by atoms with E-state index in [4.69, 9.17) is 32.5 Å². The van der Waals surface area contributed by atoms with Crippen LogP contribution in [0.3, 0.4) is 0 Å². The van der Waals surface area contributed by atoms with E-state index in [-0.39, 0.29) is 0 Å². The number of anilines is 3. The zero-order valence-electron chi connectivity index (χ0n) is 19.6. The van der Waals surface area contributed by atoms with Gasteiger partial charge in [0.1, 0.15) is 17.9 Å².